The number of aromatic amines is 1. The predicted molar refractivity (Wildman–Crippen MR) is 75.9 cm³/mol. The van der Waals surface area contributed by atoms with E-state index >= 15 is 0 Å². The van der Waals surface area contributed by atoms with Gasteiger partial charge in [0.2, 0.25) is 0 Å². The molecule has 0 fully saturated rings. The number of aliphatic hydroxyl groups is 1. The van der Waals surface area contributed by atoms with Crippen LogP contribution in [-0.4, -0.2) is 21.2 Å². The van der Waals surface area contributed by atoms with Crippen LogP contribution in [0.3, 0.4) is 0 Å². The molecule has 0 aliphatic rings. The number of H-pyrrole nitrogens is 1. The molecule has 0 bridgehead atoms. The van der Waals surface area contributed by atoms with E-state index in [4.69, 9.17) is 10.8 Å². The van der Waals surface area contributed by atoms with Crippen molar-refractivity contribution >= 4 is 11.6 Å². The van der Waals surface area contributed by atoms with Gasteiger partial charge >= 0.3 is 0 Å². The summed E-state index contributed by atoms with van der Waals surface area (Å²) >= 11 is 0. The highest BCUT2D eigenvalue weighted by Crippen LogP contribution is 2.14. The van der Waals surface area contributed by atoms with Gasteiger partial charge in [-0.1, -0.05) is 31.2 Å². The van der Waals surface area contributed by atoms with Crippen LogP contribution in [-0.2, 0) is 19.6 Å². The van der Waals surface area contributed by atoms with Crippen molar-refractivity contribution in [3.63, 3.8) is 0 Å². The third-order valence-corrected chi connectivity index (χ3v) is 3.11. The number of anilines is 1. The van der Waals surface area contributed by atoms with E-state index in [0.717, 1.165) is 16.8 Å². The molecule has 2 aromatic rings. The topological polar surface area (TPSA) is 104 Å². The van der Waals surface area contributed by atoms with Crippen molar-refractivity contribution in [3.05, 3.63) is 46.8 Å². The quantitative estimate of drug-likeness (QED) is 0.652. The molecule has 6 nitrogen and oxygen atoms in total. The molecule has 1 heterocycles. The Morgan fingerprint density at radius 3 is 2.55 bits per heavy atom. The average Bonchev–Trinajstić information content (AvgIpc) is 2.86. The smallest absolute Gasteiger partial charge is 0.274 e. The van der Waals surface area contributed by atoms with E-state index in [2.05, 4.69) is 15.5 Å². The van der Waals surface area contributed by atoms with Crippen LogP contribution in [0.5, 0.6) is 0 Å². The van der Waals surface area contributed by atoms with Gasteiger partial charge in [0, 0.05) is 6.54 Å². The van der Waals surface area contributed by atoms with Gasteiger partial charge in [0.25, 0.3) is 5.91 Å². The number of hydrogen-bond donors (Lipinski definition) is 4. The van der Waals surface area contributed by atoms with Crippen LogP contribution in [0.15, 0.2) is 24.3 Å². The summed E-state index contributed by atoms with van der Waals surface area (Å²) in [5.41, 5.74) is 9.02. The van der Waals surface area contributed by atoms with E-state index in [0.29, 0.717) is 18.7 Å². The van der Waals surface area contributed by atoms with Crippen molar-refractivity contribution in [1.29, 1.82) is 0 Å². The third-order valence-electron chi connectivity index (χ3n) is 3.11. The molecule has 2 rings (SSSR count). The lowest BCUT2D eigenvalue weighted by Crippen LogP contribution is -2.24. The van der Waals surface area contributed by atoms with Crippen molar-refractivity contribution in [2.24, 2.45) is 0 Å². The molecule has 1 amide bonds. The first-order chi connectivity index (χ1) is 9.65. The fourth-order valence-electron chi connectivity index (χ4n) is 1.86. The van der Waals surface area contributed by atoms with Gasteiger partial charge in [-0.3, -0.25) is 9.89 Å². The van der Waals surface area contributed by atoms with Crippen molar-refractivity contribution in [2.75, 3.05) is 5.73 Å². The maximum Gasteiger partial charge on any atom is 0.274 e. The maximum atomic E-state index is 12.0. The van der Waals surface area contributed by atoms with Gasteiger partial charge < -0.3 is 16.2 Å². The van der Waals surface area contributed by atoms with Crippen LogP contribution >= 0.6 is 0 Å². The van der Waals surface area contributed by atoms with Crippen LogP contribution < -0.4 is 11.1 Å². The zero-order valence-electron chi connectivity index (χ0n) is 11.3. The minimum absolute atomic E-state index is 0.0102. The van der Waals surface area contributed by atoms with Gasteiger partial charge in [0.15, 0.2) is 5.69 Å². The Morgan fingerprint density at radius 2 is 2.00 bits per heavy atom. The zero-order valence-corrected chi connectivity index (χ0v) is 11.3. The molecule has 0 radical (unpaired) electrons. The number of hydrogen-bond acceptors (Lipinski definition) is 4. The Balaban J connectivity index is 1.99. The lowest BCUT2D eigenvalue weighted by molar-refractivity contribution is 0.0947. The number of carbonyl (C=O) groups is 1. The first-order valence-corrected chi connectivity index (χ1v) is 6.45. The molecule has 0 aliphatic carbocycles. The van der Waals surface area contributed by atoms with E-state index in [-0.39, 0.29) is 18.2 Å². The van der Waals surface area contributed by atoms with Gasteiger partial charge in [-0.15, -0.1) is 0 Å². The predicted octanol–water partition coefficient (Wildman–Crippen LogP) is 0.977. The highest BCUT2D eigenvalue weighted by atomic mass is 16.3. The second-order valence-electron chi connectivity index (χ2n) is 4.48. The highest BCUT2D eigenvalue weighted by molar-refractivity contribution is 5.97. The SMILES string of the molecule is CCc1[nH]nc(C(=O)NCc2ccc(CO)cc2)c1N. The summed E-state index contributed by atoms with van der Waals surface area (Å²) < 4.78 is 0. The largest absolute Gasteiger partial charge is 0.395 e. The van der Waals surface area contributed by atoms with Crippen molar-refractivity contribution in [2.45, 2.75) is 26.5 Å². The van der Waals surface area contributed by atoms with E-state index < -0.39 is 0 Å². The van der Waals surface area contributed by atoms with E-state index in [1.807, 2.05) is 31.2 Å². The number of nitrogen functional groups attached to an aromatic ring is 1. The lowest BCUT2D eigenvalue weighted by atomic mass is 10.1. The lowest BCUT2D eigenvalue weighted by Gasteiger charge is -2.05. The molecule has 1 aromatic carbocycles. The molecule has 0 saturated carbocycles. The molecule has 0 spiro atoms. The second-order valence-corrected chi connectivity index (χ2v) is 4.48. The summed E-state index contributed by atoms with van der Waals surface area (Å²) in [6.45, 7) is 2.34. The number of nitrogens with zero attached hydrogens (tertiary/aromatic N) is 1. The van der Waals surface area contributed by atoms with E-state index in [9.17, 15) is 4.79 Å². The maximum absolute atomic E-state index is 12.0. The van der Waals surface area contributed by atoms with Crippen LogP contribution in [0.4, 0.5) is 5.69 Å². The summed E-state index contributed by atoms with van der Waals surface area (Å²) in [5.74, 6) is -0.301. The molecule has 6 heteroatoms. The van der Waals surface area contributed by atoms with Crippen molar-refractivity contribution < 1.29 is 9.90 Å². The molecule has 106 valence electrons. The molecule has 5 N–H and O–H groups in total. The fraction of sp³-hybridized carbons (Fsp3) is 0.286. The monoisotopic (exact) mass is 274 g/mol. The number of aliphatic hydroxyl groups excluding tert-OH is 1. The van der Waals surface area contributed by atoms with Crippen LogP contribution in [0, 0.1) is 0 Å². The first kappa shape index (κ1) is 14.1. The summed E-state index contributed by atoms with van der Waals surface area (Å²) in [7, 11) is 0. The Labute approximate surface area is 117 Å². The molecular formula is C14H18N4O2. The number of nitrogens with two attached hydrogens (primary N) is 1. The number of carbonyl (C=O) groups excluding carboxylic acids is 1. The standard InChI is InChI=1S/C14H18N4O2/c1-2-11-12(15)13(18-17-11)14(20)16-7-9-3-5-10(8-19)6-4-9/h3-6,19H,2,7-8,15H2,1H3,(H,16,20)(H,17,18). The zero-order chi connectivity index (χ0) is 14.5. The van der Waals surface area contributed by atoms with Gasteiger partial charge in [-0.2, -0.15) is 5.10 Å². The minimum atomic E-state index is -0.301. The number of amides is 1. The van der Waals surface area contributed by atoms with Gasteiger partial charge in [-0.05, 0) is 17.5 Å². The average molecular weight is 274 g/mol. The first-order valence-electron chi connectivity index (χ1n) is 6.45. The van der Waals surface area contributed by atoms with Gasteiger partial charge in [-0.25, -0.2) is 0 Å². The van der Waals surface area contributed by atoms with E-state index in [1.54, 1.807) is 0 Å². The van der Waals surface area contributed by atoms with Crippen molar-refractivity contribution in [1.82, 2.24) is 15.5 Å². The van der Waals surface area contributed by atoms with Crippen molar-refractivity contribution in [3.8, 4) is 0 Å². The van der Waals surface area contributed by atoms with Crippen LogP contribution in [0.2, 0.25) is 0 Å². The number of benzene rings is 1. The minimum Gasteiger partial charge on any atom is -0.395 e. The summed E-state index contributed by atoms with van der Waals surface area (Å²) in [6, 6.07) is 7.35. The Hall–Kier alpha value is -2.34. The fourth-order valence-corrected chi connectivity index (χ4v) is 1.86. The second kappa shape index (κ2) is 6.21. The number of aromatic nitrogens is 2. The molecule has 20 heavy (non-hydrogen) atoms. The Morgan fingerprint density at radius 1 is 1.35 bits per heavy atom. The van der Waals surface area contributed by atoms with Gasteiger partial charge in [0.05, 0.1) is 18.0 Å². The number of nitrogens with one attached hydrogen (secondary N) is 2. The highest BCUT2D eigenvalue weighted by Gasteiger charge is 2.15. The molecule has 1 aromatic heterocycles. The Bertz CT molecular complexity index is 590. The summed E-state index contributed by atoms with van der Waals surface area (Å²) in [6.07, 6.45) is 0.703. The molecular weight excluding hydrogens is 256 g/mol. The Kier molecular flexibility index (Phi) is 4.37. The third kappa shape index (κ3) is 2.97. The molecule has 0 saturated heterocycles. The molecule has 0 atom stereocenters. The molecule has 0 unspecified atom stereocenters. The van der Waals surface area contributed by atoms with E-state index in [1.165, 1.54) is 0 Å². The number of aryl methyl sites for hydroxylation is 1. The van der Waals surface area contributed by atoms with Crippen LogP contribution in [0.25, 0.3) is 0 Å². The van der Waals surface area contributed by atoms with Crippen LogP contribution in [0.1, 0.15) is 34.2 Å². The van der Waals surface area contributed by atoms with Gasteiger partial charge in [0.1, 0.15) is 0 Å². The summed E-state index contributed by atoms with van der Waals surface area (Å²) in [5, 5.41) is 18.4. The summed E-state index contributed by atoms with van der Waals surface area (Å²) in [4.78, 5) is 12.0. The normalized spacial score (nSPS) is 10.5. The number of rotatable bonds is 5. The molecule has 0 aliphatic heterocycles.